The van der Waals surface area contributed by atoms with Gasteiger partial charge in [0, 0.05) is 24.2 Å². The third-order valence-electron chi connectivity index (χ3n) is 3.26. The number of halogens is 4. The molecule has 0 radical (unpaired) electrons. The lowest BCUT2D eigenvalue weighted by atomic mass is 10.2. The molecule has 2 aromatic rings. The Kier molecular flexibility index (Phi) is 4.52. The normalized spacial score (nSPS) is 11.5. The number of alkyl halides is 3. The molecule has 1 heterocycles. The van der Waals surface area contributed by atoms with Gasteiger partial charge in [-0.3, -0.25) is 24.0 Å². The van der Waals surface area contributed by atoms with E-state index < -0.39 is 40.3 Å². The van der Waals surface area contributed by atoms with Crippen LogP contribution in [0.15, 0.2) is 33.9 Å². The molecule has 0 aliphatic carbocycles. The van der Waals surface area contributed by atoms with Crippen molar-refractivity contribution in [3.63, 3.8) is 0 Å². The first kappa shape index (κ1) is 17.7. The van der Waals surface area contributed by atoms with Gasteiger partial charge in [-0.15, -0.1) is 0 Å². The highest BCUT2D eigenvalue weighted by Gasteiger charge is 2.35. The van der Waals surface area contributed by atoms with Crippen LogP contribution in [0.1, 0.15) is 11.3 Å². The van der Waals surface area contributed by atoms with Crippen molar-refractivity contribution in [2.24, 2.45) is 7.05 Å². The lowest BCUT2D eigenvalue weighted by Gasteiger charge is -2.14. The molecule has 0 spiro atoms. The maximum absolute atomic E-state index is 12.8. The number of nitro groups is 1. The minimum Gasteiger partial charge on any atom is -0.292 e. The van der Waals surface area contributed by atoms with Gasteiger partial charge >= 0.3 is 11.9 Å². The van der Waals surface area contributed by atoms with Crippen molar-refractivity contribution >= 4 is 17.3 Å². The third-order valence-corrected chi connectivity index (χ3v) is 3.50. The van der Waals surface area contributed by atoms with Crippen molar-refractivity contribution in [2.75, 3.05) is 0 Å². The van der Waals surface area contributed by atoms with E-state index in [0.717, 1.165) is 13.1 Å². The van der Waals surface area contributed by atoms with Gasteiger partial charge in [-0.2, -0.15) is 13.2 Å². The molecule has 0 bridgehead atoms. The molecular formula is C13H9ClF3N3O4. The number of rotatable bonds is 3. The predicted molar refractivity (Wildman–Crippen MR) is 78.2 cm³/mol. The Morgan fingerprint density at radius 2 is 1.88 bits per heavy atom. The van der Waals surface area contributed by atoms with Gasteiger partial charge in [-0.05, 0) is 12.1 Å². The first-order valence-electron chi connectivity index (χ1n) is 6.33. The first-order chi connectivity index (χ1) is 11.0. The largest absolute Gasteiger partial charge is 0.431 e. The van der Waals surface area contributed by atoms with E-state index in [1.54, 1.807) is 0 Å². The molecule has 2 rings (SSSR count). The number of aromatic nitrogens is 2. The maximum Gasteiger partial charge on any atom is 0.431 e. The summed E-state index contributed by atoms with van der Waals surface area (Å²) in [5.41, 5.74) is -4.36. The molecule has 11 heteroatoms. The molecule has 24 heavy (non-hydrogen) atoms. The Bertz CT molecular complexity index is 934. The fraction of sp³-hybridized carbons (Fsp3) is 0.231. The molecule has 0 fully saturated rings. The smallest absolute Gasteiger partial charge is 0.292 e. The molecule has 1 aromatic carbocycles. The molecule has 0 saturated heterocycles. The second-order valence-corrected chi connectivity index (χ2v) is 5.26. The summed E-state index contributed by atoms with van der Waals surface area (Å²) in [6, 6.07) is 3.76. The standard InChI is InChI=1S/C13H9ClF3N3O4/c1-18-10(13(15,16)17)5-11(21)19(12(18)22)6-7-4-8(14)2-3-9(7)20(23)24/h2-5H,6H2,1H3. The van der Waals surface area contributed by atoms with Crippen LogP contribution in [-0.2, 0) is 19.8 Å². The Balaban J connectivity index is 2.63. The number of benzene rings is 1. The lowest BCUT2D eigenvalue weighted by molar-refractivity contribution is -0.385. The summed E-state index contributed by atoms with van der Waals surface area (Å²) in [5.74, 6) is 0. The van der Waals surface area contributed by atoms with E-state index in [0.29, 0.717) is 4.57 Å². The molecule has 0 saturated carbocycles. The average Bonchev–Trinajstić information content (AvgIpc) is 2.46. The second-order valence-electron chi connectivity index (χ2n) is 4.82. The molecule has 0 unspecified atom stereocenters. The zero-order chi connectivity index (χ0) is 18.2. The number of nitrogens with zero attached hydrogens (tertiary/aromatic N) is 3. The van der Waals surface area contributed by atoms with Gasteiger partial charge in [0.15, 0.2) is 0 Å². The SMILES string of the molecule is Cn1c(C(F)(F)F)cc(=O)n(Cc2cc(Cl)ccc2[N+](=O)[O-])c1=O. The van der Waals surface area contributed by atoms with Gasteiger partial charge in [-0.25, -0.2) is 4.79 Å². The van der Waals surface area contributed by atoms with Crippen LogP contribution in [0, 0.1) is 10.1 Å². The van der Waals surface area contributed by atoms with Crippen molar-refractivity contribution in [3.05, 3.63) is 71.5 Å². The van der Waals surface area contributed by atoms with Gasteiger partial charge < -0.3 is 0 Å². The van der Waals surface area contributed by atoms with Crippen LogP contribution < -0.4 is 11.2 Å². The minimum atomic E-state index is -4.88. The van der Waals surface area contributed by atoms with Crippen molar-refractivity contribution < 1.29 is 18.1 Å². The Hall–Kier alpha value is -2.62. The second kappa shape index (κ2) is 6.11. The molecule has 1 aromatic heterocycles. The Morgan fingerprint density at radius 3 is 2.42 bits per heavy atom. The van der Waals surface area contributed by atoms with Crippen LogP contribution in [0.25, 0.3) is 0 Å². The lowest BCUT2D eigenvalue weighted by Crippen LogP contribution is -2.41. The molecule has 128 valence electrons. The molecular weight excluding hydrogens is 355 g/mol. The van der Waals surface area contributed by atoms with Gasteiger partial charge in [0.25, 0.3) is 11.2 Å². The van der Waals surface area contributed by atoms with E-state index in [4.69, 9.17) is 11.6 Å². The van der Waals surface area contributed by atoms with Crippen LogP contribution in [-0.4, -0.2) is 14.1 Å². The van der Waals surface area contributed by atoms with Crippen LogP contribution >= 0.6 is 11.6 Å². The van der Waals surface area contributed by atoms with Gasteiger partial charge in [0.05, 0.1) is 17.0 Å². The topological polar surface area (TPSA) is 87.1 Å². The van der Waals surface area contributed by atoms with Gasteiger partial charge in [0.2, 0.25) is 0 Å². The molecule has 0 atom stereocenters. The average molecular weight is 364 g/mol. The van der Waals surface area contributed by atoms with Crippen molar-refractivity contribution in [1.29, 1.82) is 0 Å². The molecule has 0 N–H and O–H groups in total. The third kappa shape index (κ3) is 3.32. The van der Waals surface area contributed by atoms with Crippen molar-refractivity contribution in [3.8, 4) is 0 Å². The molecule has 0 aliphatic rings. The van der Waals surface area contributed by atoms with E-state index >= 15 is 0 Å². The zero-order valence-corrected chi connectivity index (χ0v) is 12.8. The highest BCUT2D eigenvalue weighted by molar-refractivity contribution is 6.30. The molecule has 0 aliphatic heterocycles. The number of hydrogen-bond acceptors (Lipinski definition) is 4. The maximum atomic E-state index is 12.8. The van der Waals surface area contributed by atoms with E-state index in [1.165, 1.54) is 12.1 Å². The van der Waals surface area contributed by atoms with Crippen molar-refractivity contribution in [2.45, 2.75) is 12.7 Å². The summed E-state index contributed by atoms with van der Waals surface area (Å²) in [7, 11) is 0.855. The van der Waals surface area contributed by atoms with E-state index in [1.807, 2.05) is 0 Å². The molecule has 7 nitrogen and oxygen atoms in total. The number of nitro benzene ring substituents is 1. The predicted octanol–water partition coefficient (Wildman–Crippen LogP) is 2.18. The first-order valence-corrected chi connectivity index (χ1v) is 6.71. The minimum absolute atomic E-state index is 0.0774. The number of hydrogen-bond donors (Lipinski definition) is 0. The van der Waals surface area contributed by atoms with Crippen LogP contribution in [0.5, 0.6) is 0 Å². The van der Waals surface area contributed by atoms with Gasteiger partial charge in [-0.1, -0.05) is 11.6 Å². The van der Waals surface area contributed by atoms with E-state index in [-0.39, 0.29) is 21.2 Å². The summed E-state index contributed by atoms with van der Waals surface area (Å²) >= 11 is 5.74. The Labute approximate surface area is 136 Å². The quantitative estimate of drug-likeness (QED) is 0.617. The van der Waals surface area contributed by atoms with Crippen LogP contribution in [0.2, 0.25) is 5.02 Å². The summed E-state index contributed by atoms with van der Waals surface area (Å²) in [4.78, 5) is 34.2. The van der Waals surface area contributed by atoms with Crippen LogP contribution in [0.4, 0.5) is 18.9 Å². The Morgan fingerprint density at radius 1 is 1.25 bits per heavy atom. The van der Waals surface area contributed by atoms with E-state index in [2.05, 4.69) is 0 Å². The summed E-state index contributed by atoms with van der Waals surface area (Å²) < 4.78 is 39.1. The summed E-state index contributed by atoms with van der Waals surface area (Å²) in [6.45, 7) is -0.583. The van der Waals surface area contributed by atoms with E-state index in [9.17, 15) is 32.9 Å². The fourth-order valence-electron chi connectivity index (χ4n) is 2.12. The monoisotopic (exact) mass is 363 g/mol. The van der Waals surface area contributed by atoms with Crippen LogP contribution in [0.3, 0.4) is 0 Å². The van der Waals surface area contributed by atoms with Gasteiger partial charge in [0.1, 0.15) is 5.69 Å². The fourth-order valence-corrected chi connectivity index (χ4v) is 2.31. The highest BCUT2D eigenvalue weighted by atomic mass is 35.5. The zero-order valence-electron chi connectivity index (χ0n) is 12.0. The summed E-state index contributed by atoms with van der Waals surface area (Å²) in [5, 5.41) is 11.1. The molecule has 0 amide bonds. The van der Waals surface area contributed by atoms with Crippen molar-refractivity contribution in [1.82, 2.24) is 9.13 Å². The highest BCUT2D eigenvalue weighted by Crippen LogP contribution is 2.27. The summed E-state index contributed by atoms with van der Waals surface area (Å²) in [6.07, 6.45) is -4.88.